The summed E-state index contributed by atoms with van der Waals surface area (Å²) >= 11 is 0. The molecule has 1 aromatic rings. The molecule has 0 bridgehead atoms. The fourth-order valence-electron chi connectivity index (χ4n) is 6.00. The van der Waals surface area contributed by atoms with E-state index in [2.05, 4.69) is 0 Å². The quantitative estimate of drug-likeness (QED) is 0.507. The second-order valence-electron chi connectivity index (χ2n) is 11.3. The molecule has 2 aliphatic carbocycles. The first-order valence-corrected chi connectivity index (χ1v) is 12.7. The number of esters is 1. The maximum Gasteiger partial charge on any atom is 0.315 e. The van der Waals surface area contributed by atoms with Gasteiger partial charge in [-0.05, 0) is 43.6 Å². The van der Waals surface area contributed by atoms with Crippen LogP contribution in [-0.4, -0.2) is 46.1 Å². The summed E-state index contributed by atoms with van der Waals surface area (Å²) in [6.45, 7) is 7.22. The Morgan fingerprint density at radius 2 is 1.53 bits per heavy atom. The zero-order valence-corrected chi connectivity index (χ0v) is 20.7. The van der Waals surface area contributed by atoms with Crippen LogP contribution in [0.2, 0.25) is 0 Å². The highest BCUT2D eigenvalue weighted by Crippen LogP contribution is 2.55. The molecule has 2 saturated carbocycles. The highest BCUT2D eigenvalue weighted by atomic mass is 16.5. The highest BCUT2D eigenvalue weighted by Gasteiger charge is 2.62. The first kappa shape index (κ1) is 25.1. The zero-order valence-electron chi connectivity index (χ0n) is 20.7. The molecule has 3 fully saturated rings. The molecule has 1 aliphatic heterocycles. The normalized spacial score (nSPS) is 37.8. The van der Waals surface area contributed by atoms with Gasteiger partial charge in [0, 0.05) is 18.3 Å². The van der Waals surface area contributed by atoms with Gasteiger partial charge < -0.3 is 14.9 Å². The third-order valence-corrected chi connectivity index (χ3v) is 8.76. The van der Waals surface area contributed by atoms with E-state index < -0.39 is 46.9 Å². The van der Waals surface area contributed by atoms with E-state index in [1.54, 1.807) is 13.8 Å². The Morgan fingerprint density at radius 3 is 2.09 bits per heavy atom. The SMILES string of the molecule is C[C@@H]1[C@@H](O)[C@@H](C)C[C@@H](C)C(=O)C2(CC2)C(=O)[C@@H](C)[C@@H](Cc2ccccc2)OC(=O)C2(CC2)[C@H]1O. The number of rotatable bonds is 2. The molecule has 1 saturated heterocycles. The Bertz CT molecular complexity index is 931. The van der Waals surface area contributed by atoms with Crippen molar-refractivity contribution < 1.29 is 29.3 Å². The zero-order chi connectivity index (χ0) is 24.8. The van der Waals surface area contributed by atoms with Gasteiger partial charge in [0.05, 0.1) is 29.0 Å². The van der Waals surface area contributed by atoms with Crippen LogP contribution in [-0.2, 0) is 25.5 Å². The summed E-state index contributed by atoms with van der Waals surface area (Å²) in [5, 5.41) is 22.1. The van der Waals surface area contributed by atoms with Crippen LogP contribution in [0.1, 0.15) is 65.4 Å². The van der Waals surface area contributed by atoms with Gasteiger partial charge in [0.25, 0.3) is 0 Å². The third-order valence-electron chi connectivity index (χ3n) is 8.76. The summed E-state index contributed by atoms with van der Waals surface area (Å²) in [7, 11) is 0. The van der Waals surface area contributed by atoms with Crippen LogP contribution >= 0.6 is 0 Å². The van der Waals surface area contributed by atoms with Crippen molar-refractivity contribution in [2.24, 2.45) is 34.5 Å². The molecule has 0 amide bonds. The van der Waals surface area contributed by atoms with Crippen molar-refractivity contribution in [3.63, 3.8) is 0 Å². The Kier molecular flexibility index (Phi) is 6.78. The Labute approximate surface area is 202 Å². The molecule has 186 valence electrons. The lowest BCUT2D eigenvalue weighted by Crippen LogP contribution is -2.47. The number of Topliss-reactive ketones (excluding diaryl/α,β-unsaturated/α-hetero) is 2. The molecule has 34 heavy (non-hydrogen) atoms. The van der Waals surface area contributed by atoms with Crippen LogP contribution in [0.3, 0.4) is 0 Å². The number of aliphatic hydroxyl groups is 2. The lowest BCUT2D eigenvalue weighted by molar-refractivity contribution is -0.168. The Morgan fingerprint density at radius 1 is 0.912 bits per heavy atom. The van der Waals surface area contributed by atoms with Crippen LogP contribution < -0.4 is 0 Å². The average Bonchev–Trinajstić information content (AvgIpc) is 3.75. The molecular formula is C28H38O6. The number of aliphatic hydroxyl groups excluding tert-OH is 2. The molecule has 6 nitrogen and oxygen atoms in total. The Hall–Kier alpha value is -2.05. The lowest BCUT2D eigenvalue weighted by atomic mass is 9.75. The maximum absolute atomic E-state index is 13.7. The smallest absolute Gasteiger partial charge is 0.315 e. The van der Waals surface area contributed by atoms with Gasteiger partial charge in [-0.3, -0.25) is 14.4 Å². The van der Waals surface area contributed by atoms with Gasteiger partial charge in [0.15, 0.2) is 5.78 Å². The molecule has 2 spiro atoms. The molecule has 1 heterocycles. The minimum atomic E-state index is -1.05. The first-order chi connectivity index (χ1) is 16.0. The lowest BCUT2D eigenvalue weighted by Gasteiger charge is -2.35. The fourth-order valence-corrected chi connectivity index (χ4v) is 6.00. The molecule has 4 rings (SSSR count). The molecule has 0 aromatic heterocycles. The average molecular weight is 471 g/mol. The van der Waals surface area contributed by atoms with Crippen LogP contribution in [0, 0.1) is 34.5 Å². The largest absolute Gasteiger partial charge is 0.461 e. The van der Waals surface area contributed by atoms with Gasteiger partial charge in [-0.1, -0.05) is 58.0 Å². The predicted molar refractivity (Wildman–Crippen MR) is 127 cm³/mol. The van der Waals surface area contributed by atoms with Crippen molar-refractivity contribution in [2.45, 2.75) is 84.5 Å². The topological polar surface area (TPSA) is 101 Å². The molecule has 0 unspecified atom stereocenters. The number of carbonyl (C=O) groups excluding carboxylic acids is 3. The molecule has 2 N–H and O–H groups in total. The van der Waals surface area contributed by atoms with E-state index in [0.717, 1.165) is 5.56 Å². The van der Waals surface area contributed by atoms with Crippen LogP contribution in [0.25, 0.3) is 0 Å². The number of hydrogen-bond acceptors (Lipinski definition) is 6. The van der Waals surface area contributed by atoms with E-state index >= 15 is 0 Å². The number of ketones is 2. The van der Waals surface area contributed by atoms with Gasteiger partial charge in [-0.2, -0.15) is 0 Å². The van der Waals surface area contributed by atoms with Crippen LogP contribution in [0.5, 0.6) is 0 Å². The van der Waals surface area contributed by atoms with Gasteiger partial charge in [0.1, 0.15) is 11.9 Å². The van der Waals surface area contributed by atoms with Gasteiger partial charge >= 0.3 is 5.97 Å². The number of ether oxygens (including phenoxy) is 1. The minimum absolute atomic E-state index is 0.0721. The number of benzene rings is 1. The van der Waals surface area contributed by atoms with Gasteiger partial charge in [-0.15, -0.1) is 0 Å². The summed E-state index contributed by atoms with van der Waals surface area (Å²) < 4.78 is 6.01. The molecule has 0 radical (unpaired) electrons. The molecule has 7 atom stereocenters. The van der Waals surface area contributed by atoms with E-state index in [-0.39, 0.29) is 23.4 Å². The molecule has 6 heteroatoms. The fraction of sp³-hybridized carbons (Fsp3) is 0.679. The number of cyclic esters (lactones) is 1. The summed E-state index contributed by atoms with van der Waals surface area (Å²) in [5.41, 5.74) is -1.11. The molecule has 3 aliphatic rings. The van der Waals surface area contributed by atoms with Gasteiger partial charge in [-0.25, -0.2) is 0 Å². The van der Waals surface area contributed by atoms with Crippen molar-refractivity contribution in [1.29, 1.82) is 0 Å². The summed E-state index contributed by atoms with van der Waals surface area (Å²) in [6, 6.07) is 9.56. The van der Waals surface area contributed by atoms with E-state index in [4.69, 9.17) is 4.74 Å². The third kappa shape index (κ3) is 4.35. The summed E-state index contributed by atoms with van der Waals surface area (Å²) in [5.74, 6) is -2.54. The Balaban J connectivity index is 1.70. The van der Waals surface area contributed by atoms with E-state index in [9.17, 15) is 24.6 Å². The number of carbonyl (C=O) groups is 3. The van der Waals surface area contributed by atoms with Crippen molar-refractivity contribution in [3.05, 3.63) is 35.9 Å². The van der Waals surface area contributed by atoms with Crippen molar-refractivity contribution in [2.75, 3.05) is 0 Å². The maximum atomic E-state index is 13.7. The minimum Gasteiger partial charge on any atom is -0.461 e. The van der Waals surface area contributed by atoms with E-state index in [1.165, 1.54) is 0 Å². The predicted octanol–water partition coefficient (Wildman–Crippen LogP) is 3.51. The first-order valence-electron chi connectivity index (χ1n) is 12.7. The van der Waals surface area contributed by atoms with Crippen molar-refractivity contribution in [1.82, 2.24) is 0 Å². The monoisotopic (exact) mass is 470 g/mol. The molecular weight excluding hydrogens is 432 g/mol. The second kappa shape index (κ2) is 9.19. The van der Waals surface area contributed by atoms with E-state index in [1.807, 2.05) is 44.2 Å². The molecule has 1 aromatic carbocycles. The highest BCUT2D eigenvalue weighted by molar-refractivity contribution is 6.11. The van der Waals surface area contributed by atoms with Crippen molar-refractivity contribution >= 4 is 17.5 Å². The number of hydrogen-bond donors (Lipinski definition) is 2. The van der Waals surface area contributed by atoms with Gasteiger partial charge in [0.2, 0.25) is 0 Å². The standard InChI is InChI=1S/C28H38O6/c1-16-14-17(2)23(30)27(10-11-27)24(31)18(3)21(15-20-8-6-5-7-9-20)34-26(33)28(12-13-28)25(32)19(4)22(16)29/h5-9,16-19,21-22,25,29,32H,10-15H2,1-4H3/t16-,17+,18-,19+,21+,22-,25-/m0/s1. The summed E-state index contributed by atoms with van der Waals surface area (Å²) in [4.78, 5) is 40.5. The van der Waals surface area contributed by atoms with Crippen LogP contribution in [0.15, 0.2) is 30.3 Å². The van der Waals surface area contributed by atoms with Crippen LogP contribution in [0.4, 0.5) is 0 Å². The second-order valence-corrected chi connectivity index (χ2v) is 11.3. The van der Waals surface area contributed by atoms with Crippen molar-refractivity contribution in [3.8, 4) is 0 Å². The summed E-state index contributed by atoms with van der Waals surface area (Å²) in [6.07, 6.45) is 0.201. The van der Waals surface area contributed by atoms with E-state index in [0.29, 0.717) is 38.5 Å².